The number of aliphatic hydroxyl groups is 1. The van der Waals surface area contributed by atoms with E-state index in [2.05, 4.69) is 68.7 Å². The second kappa shape index (κ2) is 9.35. The lowest BCUT2D eigenvalue weighted by atomic mass is 9.43. The molecule has 8 atom stereocenters. The zero-order chi connectivity index (χ0) is 25.8. The summed E-state index contributed by atoms with van der Waals surface area (Å²) in [5.41, 5.74) is 3.02. The van der Waals surface area contributed by atoms with Crippen LogP contribution >= 0.6 is 0 Å². The van der Waals surface area contributed by atoms with Crippen LogP contribution < -0.4 is 5.32 Å². The van der Waals surface area contributed by atoms with E-state index in [0.29, 0.717) is 29.0 Å². The quantitative estimate of drug-likeness (QED) is 0.430. The molecule has 0 bridgehead atoms. The zero-order valence-corrected chi connectivity index (χ0v) is 23.0. The topological polar surface area (TPSA) is 49.3 Å². The van der Waals surface area contributed by atoms with Crippen molar-refractivity contribution in [1.29, 1.82) is 0 Å². The Kier molecular flexibility index (Phi) is 6.39. The summed E-state index contributed by atoms with van der Waals surface area (Å²) in [6.45, 7) is 5.60. The van der Waals surface area contributed by atoms with Gasteiger partial charge in [-0.3, -0.25) is 4.79 Å². The highest BCUT2D eigenvalue weighted by atomic mass is 16.3. The van der Waals surface area contributed by atoms with Gasteiger partial charge in [-0.1, -0.05) is 61.5 Å². The van der Waals surface area contributed by atoms with Gasteiger partial charge in [-0.25, -0.2) is 0 Å². The fourth-order valence-electron chi connectivity index (χ4n) is 10.1. The molecule has 0 spiro atoms. The van der Waals surface area contributed by atoms with E-state index < -0.39 is 5.60 Å². The van der Waals surface area contributed by atoms with Gasteiger partial charge < -0.3 is 10.4 Å². The van der Waals surface area contributed by atoms with Crippen molar-refractivity contribution in [2.24, 2.45) is 40.4 Å². The van der Waals surface area contributed by atoms with E-state index in [9.17, 15) is 9.90 Å². The van der Waals surface area contributed by atoms with Crippen molar-refractivity contribution >= 4 is 5.78 Å². The summed E-state index contributed by atoms with van der Waals surface area (Å²) in [7, 11) is 2.11. The molecule has 0 amide bonds. The van der Waals surface area contributed by atoms with Gasteiger partial charge in [-0.05, 0) is 117 Å². The number of fused-ring (bicyclic) bond motifs is 5. The average Bonchev–Trinajstić information content (AvgIpc) is 3.26. The molecule has 0 aromatic heterocycles. The lowest BCUT2D eigenvalue weighted by molar-refractivity contribution is -0.150. The van der Waals surface area contributed by atoms with Crippen LogP contribution in [0, 0.1) is 40.4 Å². The molecule has 4 saturated carbocycles. The number of carbonyl (C=O) groups excluding carboxylic acids is 1. The van der Waals surface area contributed by atoms with Gasteiger partial charge in [0, 0.05) is 18.0 Å². The number of nitrogens with one attached hydrogen (secondary N) is 1. The van der Waals surface area contributed by atoms with Crippen molar-refractivity contribution in [2.75, 3.05) is 13.6 Å². The molecule has 6 rings (SSSR count). The van der Waals surface area contributed by atoms with Crippen LogP contribution in [0.5, 0.6) is 0 Å². The van der Waals surface area contributed by atoms with Crippen LogP contribution in [0.2, 0.25) is 0 Å². The van der Waals surface area contributed by atoms with Crippen molar-refractivity contribution in [2.45, 2.75) is 77.2 Å². The van der Waals surface area contributed by atoms with Gasteiger partial charge in [0.05, 0.1) is 5.60 Å². The van der Waals surface area contributed by atoms with Crippen molar-refractivity contribution in [3.8, 4) is 11.1 Å². The Labute approximate surface area is 223 Å². The minimum Gasteiger partial charge on any atom is -0.390 e. The van der Waals surface area contributed by atoms with E-state index in [1.807, 2.05) is 12.1 Å². The predicted octanol–water partition coefficient (Wildman–Crippen LogP) is 7.15. The Balaban J connectivity index is 1.29. The van der Waals surface area contributed by atoms with Gasteiger partial charge in [-0.2, -0.15) is 0 Å². The Morgan fingerprint density at radius 1 is 0.892 bits per heavy atom. The fourth-order valence-corrected chi connectivity index (χ4v) is 10.1. The monoisotopic (exact) mass is 499 g/mol. The first-order valence-electron chi connectivity index (χ1n) is 14.8. The highest BCUT2D eigenvalue weighted by Gasteiger charge is 2.63. The standard InChI is InChI=1S/C34H45NO2/c1-32(37)19-20-34(22-35-3)24(21-32)13-14-27-28-15-16-30(33(28,2)18-17-29(27)34)31(36)26-12-8-7-11-25(26)23-9-5-4-6-10-23/h4-12,24,27-30,35,37H,13-22H2,1-3H3/t24-,27?,28-,29?,30?,32+,33-,34?/m0/s1. The summed E-state index contributed by atoms with van der Waals surface area (Å²) in [5, 5.41) is 14.5. The van der Waals surface area contributed by atoms with Crippen LogP contribution in [0.25, 0.3) is 11.1 Å². The van der Waals surface area contributed by atoms with Gasteiger partial charge in [0.15, 0.2) is 5.78 Å². The summed E-state index contributed by atoms with van der Waals surface area (Å²) in [5.74, 6) is 3.18. The minimum atomic E-state index is -0.505. The van der Waals surface area contributed by atoms with E-state index in [0.717, 1.165) is 61.3 Å². The van der Waals surface area contributed by atoms with E-state index >= 15 is 0 Å². The second-order valence-electron chi connectivity index (χ2n) is 13.6. The van der Waals surface area contributed by atoms with Crippen molar-refractivity contribution in [3.63, 3.8) is 0 Å². The normalized spacial score (nSPS) is 40.9. The van der Waals surface area contributed by atoms with Gasteiger partial charge in [0.2, 0.25) is 0 Å². The molecule has 0 saturated heterocycles. The molecule has 4 aliphatic carbocycles. The van der Waals surface area contributed by atoms with Gasteiger partial charge >= 0.3 is 0 Å². The smallest absolute Gasteiger partial charge is 0.167 e. The molecule has 4 unspecified atom stereocenters. The first kappa shape index (κ1) is 25.3. The maximum absolute atomic E-state index is 14.3. The minimum absolute atomic E-state index is 0.0931. The number of ketones is 1. The summed E-state index contributed by atoms with van der Waals surface area (Å²) in [6, 6.07) is 18.7. The molecule has 0 radical (unpaired) electrons. The van der Waals surface area contributed by atoms with Crippen LogP contribution in [0.4, 0.5) is 0 Å². The average molecular weight is 500 g/mol. The molecule has 3 nitrogen and oxygen atoms in total. The van der Waals surface area contributed by atoms with Crippen LogP contribution in [-0.2, 0) is 0 Å². The highest BCUT2D eigenvalue weighted by Crippen LogP contribution is 2.68. The van der Waals surface area contributed by atoms with Crippen LogP contribution in [0.3, 0.4) is 0 Å². The third kappa shape index (κ3) is 4.03. The number of hydrogen-bond donors (Lipinski definition) is 2. The molecule has 3 heteroatoms. The summed E-state index contributed by atoms with van der Waals surface area (Å²) >= 11 is 0. The molecule has 4 fully saturated rings. The summed E-state index contributed by atoms with van der Waals surface area (Å²) in [4.78, 5) is 14.3. The lowest BCUT2D eigenvalue weighted by Crippen LogP contribution is -2.59. The molecule has 4 aliphatic rings. The van der Waals surface area contributed by atoms with Gasteiger partial charge in [-0.15, -0.1) is 0 Å². The lowest BCUT2D eigenvalue weighted by Gasteiger charge is -2.63. The molecule has 2 aromatic rings. The second-order valence-corrected chi connectivity index (χ2v) is 13.6. The third-order valence-electron chi connectivity index (χ3n) is 11.8. The highest BCUT2D eigenvalue weighted by molar-refractivity contribution is 6.04. The fraction of sp³-hybridized carbons (Fsp3) is 0.618. The number of carbonyl (C=O) groups is 1. The van der Waals surface area contributed by atoms with Crippen LogP contribution in [0.1, 0.15) is 82.0 Å². The zero-order valence-electron chi connectivity index (χ0n) is 23.0. The van der Waals surface area contributed by atoms with E-state index in [4.69, 9.17) is 0 Å². The molecule has 0 aliphatic heterocycles. The largest absolute Gasteiger partial charge is 0.390 e. The van der Waals surface area contributed by atoms with Crippen LogP contribution in [-0.4, -0.2) is 30.1 Å². The third-order valence-corrected chi connectivity index (χ3v) is 11.8. The Hall–Kier alpha value is -1.97. The molecular formula is C34H45NO2. The van der Waals surface area contributed by atoms with E-state index in [1.54, 1.807) is 0 Å². The molecular weight excluding hydrogens is 454 g/mol. The summed E-state index contributed by atoms with van der Waals surface area (Å²) < 4.78 is 0. The Bertz CT molecular complexity index is 1140. The van der Waals surface area contributed by atoms with Crippen molar-refractivity contribution in [1.82, 2.24) is 5.32 Å². The van der Waals surface area contributed by atoms with E-state index in [1.165, 1.54) is 25.7 Å². The molecule has 0 heterocycles. The number of benzene rings is 2. The van der Waals surface area contributed by atoms with Gasteiger partial charge in [0.1, 0.15) is 0 Å². The Morgan fingerprint density at radius 3 is 2.43 bits per heavy atom. The predicted molar refractivity (Wildman–Crippen MR) is 150 cm³/mol. The first-order valence-corrected chi connectivity index (χ1v) is 14.8. The van der Waals surface area contributed by atoms with Crippen molar-refractivity contribution < 1.29 is 9.90 Å². The maximum atomic E-state index is 14.3. The molecule has 2 N–H and O–H groups in total. The number of Topliss-reactive ketones (excluding diaryl/α,β-unsaturated/α-hetero) is 1. The summed E-state index contributed by atoms with van der Waals surface area (Å²) in [6.07, 6.45) is 10.2. The van der Waals surface area contributed by atoms with Crippen LogP contribution in [0.15, 0.2) is 54.6 Å². The molecule has 2 aromatic carbocycles. The van der Waals surface area contributed by atoms with E-state index in [-0.39, 0.29) is 11.3 Å². The first-order chi connectivity index (χ1) is 17.8. The van der Waals surface area contributed by atoms with Crippen molar-refractivity contribution in [3.05, 3.63) is 60.2 Å². The maximum Gasteiger partial charge on any atom is 0.167 e. The number of hydrogen-bond acceptors (Lipinski definition) is 3. The molecule has 37 heavy (non-hydrogen) atoms. The van der Waals surface area contributed by atoms with Gasteiger partial charge in [0.25, 0.3) is 0 Å². The number of rotatable bonds is 5. The SMILES string of the molecule is CNCC12CC[C@@](C)(O)C[C@@H]1CCC1C2CC[C@]2(C)C(C(=O)c3ccccc3-c3ccccc3)CC[C@@H]12. The Morgan fingerprint density at radius 2 is 1.65 bits per heavy atom. The molecule has 198 valence electrons.